The van der Waals surface area contributed by atoms with Gasteiger partial charge >= 0.3 is 0 Å². The zero-order valence-corrected chi connectivity index (χ0v) is 12.8. The Balaban J connectivity index is 1.43. The van der Waals surface area contributed by atoms with Crippen molar-refractivity contribution in [2.45, 2.75) is 25.3 Å². The standard InChI is InChI=1S/C17H23N3O2/c21-17(19-13-3-2-6-18-7-13)16-11-22-10-12-8-20(9-15(12)16)14-4-1-5-14/h2-3,6-7,12,14-16H,1,4-5,8-11H2,(H,19,21)/t12-,15-,16+/m0/s1. The monoisotopic (exact) mass is 301 g/mol. The third-order valence-electron chi connectivity index (χ3n) is 5.52. The average molecular weight is 301 g/mol. The normalized spacial score (nSPS) is 32.3. The molecule has 1 saturated carbocycles. The minimum atomic E-state index is -0.0379. The van der Waals surface area contributed by atoms with E-state index in [-0.39, 0.29) is 11.8 Å². The summed E-state index contributed by atoms with van der Waals surface area (Å²) in [5.74, 6) is 0.993. The van der Waals surface area contributed by atoms with E-state index in [0.717, 1.165) is 31.4 Å². The van der Waals surface area contributed by atoms with Crippen LogP contribution in [-0.2, 0) is 9.53 Å². The number of amides is 1. The maximum absolute atomic E-state index is 12.6. The largest absolute Gasteiger partial charge is 0.380 e. The average Bonchev–Trinajstić information content (AvgIpc) is 2.89. The lowest BCUT2D eigenvalue weighted by Crippen LogP contribution is -2.42. The predicted molar refractivity (Wildman–Crippen MR) is 83.4 cm³/mol. The summed E-state index contributed by atoms with van der Waals surface area (Å²) in [6.45, 7) is 3.52. The van der Waals surface area contributed by atoms with Crippen molar-refractivity contribution in [3.8, 4) is 0 Å². The zero-order valence-electron chi connectivity index (χ0n) is 12.8. The third kappa shape index (κ3) is 2.63. The molecule has 5 heteroatoms. The Hall–Kier alpha value is -1.46. The Labute approximate surface area is 131 Å². The molecule has 1 amide bonds. The van der Waals surface area contributed by atoms with Gasteiger partial charge in [-0.05, 0) is 36.8 Å². The number of likely N-dealkylation sites (tertiary alicyclic amines) is 1. The van der Waals surface area contributed by atoms with Gasteiger partial charge in [0.05, 0.1) is 31.0 Å². The number of aromatic nitrogens is 1. The Morgan fingerprint density at radius 1 is 1.32 bits per heavy atom. The van der Waals surface area contributed by atoms with Crippen molar-refractivity contribution in [2.24, 2.45) is 17.8 Å². The molecule has 3 atom stereocenters. The fourth-order valence-corrected chi connectivity index (χ4v) is 4.02. The molecule has 0 spiro atoms. The van der Waals surface area contributed by atoms with Crippen LogP contribution in [0.2, 0.25) is 0 Å². The van der Waals surface area contributed by atoms with Crippen LogP contribution in [0.3, 0.4) is 0 Å². The molecule has 2 aliphatic heterocycles. The number of nitrogens with zero attached hydrogens (tertiary/aromatic N) is 2. The summed E-state index contributed by atoms with van der Waals surface area (Å²) >= 11 is 0. The quantitative estimate of drug-likeness (QED) is 0.924. The van der Waals surface area contributed by atoms with Crippen LogP contribution in [0.5, 0.6) is 0 Å². The molecule has 3 aliphatic rings. The van der Waals surface area contributed by atoms with E-state index >= 15 is 0 Å². The van der Waals surface area contributed by atoms with Gasteiger partial charge in [0, 0.05) is 25.3 Å². The molecule has 22 heavy (non-hydrogen) atoms. The Bertz CT molecular complexity index is 532. The molecule has 1 N–H and O–H groups in total. The van der Waals surface area contributed by atoms with E-state index < -0.39 is 0 Å². The lowest BCUT2D eigenvalue weighted by atomic mass is 9.82. The van der Waals surface area contributed by atoms with E-state index in [0.29, 0.717) is 18.4 Å². The first-order valence-corrected chi connectivity index (χ1v) is 8.34. The highest BCUT2D eigenvalue weighted by molar-refractivity contribution is 5.92. The van der Waals surface area contributed by atoms with Crippen LogP contribution in [0.25, 0.3) is 0 Å². The number of hydrogen-bond donors (Lipinski definition) is 1. The topological polar surface area (TPSA) is 54.5 Å². The van der Waals surface area contributed by atoms with Gasteiger partial charge in [0.15, 0.2) is 0 Å². The second-order valence-corrected chi connectivity index (χ2v) is 6.84. The van der Waals surface area contributed by atoms with Gasteiger partial charge in [0.1, 0.15) is 0 Å². The first kappa shape index (κ1) is 14.2. The molecule has 3 fully saturated rings. The summed E-state index contributed by atoms with van der Waals surface area (Å²) < 4.78 is 5.73. The molecule has 1 aliphatic carbocycles. The first-order valence-electron chi connectivity index (χ1n) is 8.34. The van der Waals surface area contributed by atoms with Crippen molar-refractivity contribution in [2.75, 3.05) is 31.6 Å². The highest BCUT2D eigenvalue weighted by atomic mass is 16.5. The minimum absolute atomic E-state index is 0.0379. The fraction of sp³-hybridized carbons (Fsp3) is 0.647. The van der Waals surface area contributed by atoms with Crippen LogP contribution in [0.15, 0.2) is 24.5 Å². The Kier molecular flexibility index (Phi) is 3.84. The fourth-order valence-electron chi connectivity index (χ4n) is 4.02. The van der Waals surface area contributed by atoms with E-state index in [4.69, 9.17) is 4.74 Å². The zero-order chi connectivity index (χ0) is 14.9. The smallest absolute Gasteiger partial charge is 0.230 e. The Morgan fingerprint density at radius 2 is 2.23 bits per heavy atom. The van der Waals surface area contributed by atoms with E-state index in [1.165, 1.54) is 19.3 Å². The molecule has 4 rings (SSSR count). The van der Waals surface area contributed by atoms with Gasteiger partial charge < -0.3 is 10.1 Å². The molecule has 0 aromatic carbocycles. The lowest BCUT2D eigenvalue weighted by Gasteiger charge is -2.35. The predicted octanol–water partition coefficient (Wildman–Crippen LogP) is 1.77. The molecule has 0 unspecified atom stereocenters. The highest BCUT2D eigenvalue weighted by Crippen LogP contribution is 2.38. The molecule has 0 bridgehead atoms. The van der Waals surface area contributed by atoms with Crippen LogP contribution in [0.1, 0.15) is 19.3 Å². The number of carbonyl (C=O) groups excluding carboxylic acids is 1. The van der Waals surface area contributed by atoms with Gasteiger partial charge in [-0.1, -0.05) is 6.42 Å². The van der Waals surface area contributed by atoms with Crippen LogP contribution < -0.4 is 5.32 Å². The van der Waals surface area contributed by atoms with Crippen molar-refractivity contribution in [3.63, 3.8) is 0 Å². The number of pyridine rings is 1. The van der Waals surface area contributed by atoms with Crippen molar-refractivity contribution in [3.05, 3.63) is 24.5 Å². The third-order valence-corrected chi connectivity index (χ3v) is 5.52. The number of rotatable bonds is 3. The molecule has 0 radical (unpaired) electrons. The van der Waals surface area contributed by atoms with Crippen LogP contribution >= 0.6 is 0 Å². The van der Waals surface area contributed by atoms with Gasteiger partial charge in [-0.2, -0.15) is 0 Å². The molecule has 2 saturated heterocycles. The number of anilines is 1. The van der Waals surface area contributed by atoms with E-state index in [1.807, 2.05) is 12.1 Å². The van der Waals surface area contributed by atoms with Crippen molar-refractivity contribution in [1.29, 1.82) is 0 Å². The van der Waals surface area contributed by atoms with Crippen molar-refractivity contribution >= 4 is 11.6 Å². The first-order chi connectivity index (χ1) is 10.8. The van der Waals surface area contributed by atoms with Gasteiger partial charge in [0.25, 0.3) is 0 Å². The number of carbonyl (C=O) groups is 1. The molecule has 3 heterocycles. The molecular weight excluding hydrogens is 278 g/mol. The van der Waals surface area contributed by atoms with Crippen LogP contribution in [-0.4, -0.2) is 48.1 Å². The van der Waals surface area contributed by atoms with Crippen LogP contribution in [0, 0.1) is 17.8 Å². The Morgan fingerprint density at radius 3 is 2.95 bits per heavy atom. The summed E-state index contributed by atoms with van der Waals surface area (Å²) in [4.78, 5) is 19.3. The molecule has 5 nitrogen and oxygen atoms in total. The van der Waals surface area contributed by atoms with Gasteiger partial charge in [-0.3, -0.25) is 14.7 Å². The van der Waals surface area contributed by atoms with Crippen molar-refractivity contribution in [1.82, 2.24) is 9.88 Å². The summed E-state index contributed by atoms with van der Waals surface area (Å²) in [5.41, 5.74) is 0.767. The van der Waals surface area contributed by atoms with Gasteiger partial charge in [0.2, 0.25) is 5.91 Å². The van der Waals surface area contributed by atoms with Gasteiger partial charge in [-0.15, -0.1) is 0 Å². The second kappa shape index (κ2) is 5.97. The van der Waals surface area contributed by atoms with E-state index in [2.05, 4.69) is 15.2 Å². The number of fused-ring (bicyclic) bond motifs is 1. The maximum Gasteiger partial charge on any atom is 0.230 e. The molecule has 118 valence electrons. The molecular formula is C17H23N3O2. The number of nitrogens with one attached hydrogen (secondary N) is 1. The summed E-state index contributed by atoms with van der Waals surface area (Å²) in [6, 6.07) is 4.47. The van der Waals surface area contributed by atoms with Gasteiger partial charge in [-0.25, -0.2) is 0 Å². The summed E-state index contributed by atoms with van der Waals surface area (Å²) in [5, 5.41) is 3.00. The number of hydrogen-bond acceptors (Lipinski definition) is 4. The lowest BCUT2D eigenvalue weighted by molar-refractivity contribution is -0.128. The minimum Gasteiger partial charge on any atom is -0.380 e. The van der Waals surface area contributed by atoms with Crippen molar-refractivity contribution < 1.29 is 9.53 Å². The summed E-state index contributed by atoms with van der Waals surface area (Å²) in [7, 11) is 0. The molecule has 1 aromatic heterocycles. The van der Waals surface area contributed by atoms with E-state index in [1.54, 1.807) is 12.4 Å². The SMILES string of the molecule is O=C(Nc1cccnc1)[C@@H]1COC[C@@H]2CN(C3CCC3)C[C@@H]21. The summed E-state index contributed by atoms with van der Waals surface area (Å²) in [6.07, 6.45) is 7.41. The highest BCUT2D eigenvalue weighted by Gasteiger charge is 2.46. The maximum atomic E-state index is 12.6. The second-order valence-electron chi connectivity index (χ2n) is 6.84. The molecule has 1 aromatic rings. The van der Waals surface area contributed by atoms with Crippen LogP contribution in [0.4, 0.5) is 5.69 Å². The van der Waals surface area contributed by atoms with E-state index in [9.17, 15) is 4.79 Å². The number of ether oxygens (including phenoxy) is 1.